The van der Waals surface area contributed by atoms with Crippen molar-refractivity contribution in [2.45, 2.75) is 13.3 Å². The molecule has 4 rings (SSSR count). The maximum Gasteiger partial charge on any atom is 0.338 e. The fraction of sp³-hybridized carbons (Fsp3) is 0.0833. The Hall–Kier alpha value is -3.50. The smallest absolute Gasteiger partial charge is 0.338 e. The summed E-state index contributed by atoms with van der Waals surface area (Å²) >= 11 is 25.2. The molecule has 0 aromatic heterocycles. The van der Waals surface area contributed by atoms with Gasteiger partial charge in [0.25, 0.3) is 0 Å². The summed E-state index contributed by atoms with van der Waals surface area (Å²) in [7, 11) is 0. The van der Waals surface area contributed by atoms with Crippen molar-refractivity contribution < 1.29 is 39.2 Å². The van der Waals surface area contributed by atoms with Gasteiger partial charge in [-0.15, -0.1) is 0 Å². The van der Waals surface area contributed by atoms with E-state index in [1.807, 2.05) is 0 Å². The van der Waals surface area contributed by atoms with E-state index in [0.29, 0.717) is 0 Å². The van der Waals surface area contributed by atoms with Gasteiger partial charge in [0.2, 0.25) is 5.43 Å². The van der Waals surface area contributed by atoms with E-state index in [2.05, 4.69) is 0 Å². The van der Waals surface area contributed by atoms with Crippen LogP contribution in [0.4, 0.5) is 0 Å². The molecule has 13 heteroatoms. The molecular formula is C24H12Cl4O9. The van der Waals surface area contributed by atoms with Crippen LogP contribution in [0.1, 0.15) is 43.6 Å². The molecule has 1 heterocycles. The number of phenols is 1. The molecule has 4 N–H and O–H groups in total. The number of carboxylic acid groups (broad SMARTS) is 3. The van der Waals surface area contributed by atoms with Crippen LogP contribution in [0.5, 0.6) is 5.75 Å². The van der Waals surface area contributed by atoms with Crippen molar-refractivity contribution in [1.29, 1.82) is 0 Å². The third kappa shape index (κ3) is 3.95. The van der Waals surface area contributed by atoms with E-state index < -0.39 is 66.4 Å². The van der Waals surface area contributed by atoms with Gasteiger partial charge in [-0.25, -0.2) is 14.4 Å². The molecule has 2 aliphatic rings. The first kappa shape index (κ1) is 26.6. The van der Waals surface area contributed by atoms with Crippen LogP contribution in [-0.4, -0.2) is 38.3 Å². The summed E-state index contributed by atoms with van der Waals surface area (Å²) in [5, 5.41) is 37.3. The van der Waals surface area contributed by atoms with Crippen LogP contribution in [-0.2, 0) is 6.42 Å². The molecule has 0 atom stereocenters. The van der Waals surface area contributed by atoms with E-state index in [4.69, 9.17) is 50.8 Å². The Morgan fingerprint density at radius 3 is 1.92 bits per heavy atom. The zero-order valence-electron chi connectivity index (χ0n) is 18.3. The van der Waals surface area contributed by atoms with E-state index in [9.17, 15) is 39.6 Å². The SMILES string of the molecule is CCc1cc2c(-c3c(Cl)c(C(=O)O)c(C(=O)O)c(Cl)c3C(=O)O)c3ccc(O)c(Cl)c3oc-2c(Cl)c1=O. The Kier molecular flexibility index (Phi) is 6.76. The highest BCUT2D eigenvalue weighted by molar-refractivity contribution is 6.44. The van der Waals surface area contributed by atoms with Gasteiger partial charge in [-0.1, -0.05) is 53.3 Å². The molecule has 0 spiro atoms. The van der Waals surface area contributed by atoms with Gasteiger partial charge in [-0.3, -0.25) is 4.79 Å². The molecule has 0 saturated heterocycles. The highest BCUT2D eigenvalue weighted by Gasteiger charge is 2.36. The van der Waals surface area contributed by atoms with E-state index >= 15 is 0 Å². The van der Waals surface area contributed by atoms with Crippen molar-refractivity contribution in [2.75, 3.05) is 0 Å². The lowest BCUT2D eigenvalue weighted by Crippen LogP contribution is -2.16. The Balaban J connectivity index is 2.43. The molecule has 0 radical (unpaired) electrons. The van der Waals surface area contributed by atoms with Crippen molar-refractivity contribution in [3.8, 4) is 28.2 Å². The normalized spacial score (nSPS) is 11.3. The van der Waals surface area contributed by atoms with E-state index in [0.717, 1.165) is 0 Å². The third-order valence-corrected chi connectivity index (χ3v) is 7.19. The van der Waals surface area contributed by atoms with Gasteiger partial charge >= 0.3 is 17.9 Å². The van der Waals surface area contributed by atoms with Crippen LogP contribution in [0, 0.1) is 0 Å². The number of halogens is 4. The van der Waals surface area contributed by atoms with Crippen molar-refractivity contribution in [3.05, 3.63) is 70.8 Å². The number of phenolic OH excluding ortho intramolecular Hbond substituents is 1. The van der Waals surface area contributed by atoms with E-state index in [1.54, 1.807) is 6.92 Å². The Morgan fingerprint density at radius 2 is 1.38 bits per heavy atom. The van der Waals surface area contributed by atoms with E-state index in [-0.39, 0.29) is 44.9 Å². The quantitative estimate of drug-likeness (QED) is 0.190. The maximum atomic E-state index is 12.8. The molecule has 37 heavy (non-hydrogen) atoms. The maximum absolute atomic E-state index is 12.8. The molecular weight excluding hydrogens is 574 g/mol. The van der Waals surface area contributed by atoms with Gasteiger partial charge in [0.1, 0.15) is 15.8 Å². The highest BCUT2D eigenvalue weighted by Crippen LogP contribution is 2.51. The number of aryl methyl sites for hydroxylation is 1. The lowest BCUT2D eigenvalue weighted by molar-refractivity contribution is 0.0649. The minimum atomic E-state index is -1.82. The topological polar surface area (TPSA) is 162 Å². The van der Waals surface area contributed by atoms with Crippen LogP contribution in [0.15, 0.2) is 27.4 Å². The Labute approximate surface area is 226 Å². The van der Waals surface area contributed by atoms with Crippen LogP contribution >= 0.6 is 46.4 Å². The minimum Gasteiger partial charge on any atom is -0.506 e. The van der Waals surface area contributed by atoms with Crippen molar-refractivity contribution >= 4 is 75.3 Å². The number of fused-ring (bicyclic) bond motifs is 2. The summed E-state index contributed by atoms with van der Waals surface area (Å²) in [6, 6.07) is 3.82. The standard InChI is InChI=1S/C24H12Cl4O9/c1-2-6-5-8-10(7-3-4-9(29)15(25)20(7)37-21(8)18(28)19(6)30)11-12(22(31)32)17(27)14(24(35)36)13(16(11)26)23(33)34/h3-5,29H,2H2,1H3,(H,31,32)(H,33,34)(H,35,36). The third-order valence-electron chi connectivity index (χ3n) is 5.72. The minimum absolute atomic E-state index is 0.0342. The van der Waals surface area contributed by atoms with Gasteiger partial charge in [-0.05, 0) is 24.6 Å². The molecule has 9 nitrogen and oxygen atoms in total. The average molecular weight is 586 g/mol. The Morgan fingerprint density at radius 1 is 0.811 bits per heavy atom. The summed E-state index contributed by atoms with van der Waals surface area (Å²) in [5.74, 6) is -6.03. The number of hydrogen-bond acceptors (Lipinski definition) is 6. The Bertz CT molecular complexity index is 1720. The predicted molar refractivity (Wildman–Crippen MR) is 137 cm³/mol. The fourth-order valence-electron chi connectivity index (χ4n) is 4.10. The molecule has 0 bridgehead atoms. The first-order chi connectivity index (χ1) is 17.3. The average Bonchev–Trinajstić information content (AvgIpc) is 2.83. The lowest BCUT2D eigenvalue weighted by Gasteiger charge is -2.22. The summed E-state index contributed by atoms with van der Waals surface area (Å²) in [4.78, 5) is 49.1. The number of hydrogen-bond donors (Lipinski definition) is 4. The van der Waals surface area contributed by atoms with Crippen LogP contribution in [0.2, 0.25) is 20.1 Å². The lowest BCUT2D eigenvalue weighted by atomic mass is 9.86. The first-order valence-electron chi connectivity index (χ1n) is 10.2. The second-order valence-electron chi connectivity index (χ2n) is 7.70. The van der Waals surface area contributed by atoms with Crippen LogP contribution in [0.25, 0.3) is 33.4 Å². The van der Waals surface area contributed by atoms with Gasteiger partial charge in [-0.2, -0.15) is 0 Å². The number of aromatic carboxylic acids is 3. The molecule has 0 unspecified atom stereocenters. The molecule has 0 fully saturated rings. The molecule has 2 aromatic carbocycles. The van der Waals surface area contributed by atoms with Crippen molar-refractivity contribution in [2.24, 2.45) is 0 Å². The monoisotopic (exact) mass is 584 g/mol. The summed E-state index contributed by atoms with van der Waals surface area (Å²) in [6.07, 6.45) is 0.209. The molecule has 1 aliphatic heterocycles. The van der Waals surface area contributed by atoms with E-state index in [1.165, 1.54) is 18.2 Å². The van der Waals surface area contributed by atoms with Gasteiger partial charge < -0.3 is 24.8 Å². The number of carboxylic acids is 3. The fourth-order valence-corrected chi connectivity index (χ4v) is 5.28. The predicted octanol–water partition coefficient (Wildman–Crippen LogP) is 6.54. The zero-order valence-corrected chi connectivity index (χ0v) is 21.3. The van der Waals surface area contributed by atoms with Crippen LogP contribution in [0.3, 0.4) is 0 Å². The second kappa shape index (κ2) is 9.42. The van der Waals surface area contributed by atoms with Gasteiger partial charge in [0.15, 0.2) is 11.3 Å². The number of carbonyl (C=O) groups is 3. The van der Waals surface area contributed by atoms with Crippen molar-refractivity contribution in [1.82, 2.24) is 0 Å². The molecule has 190 valence electrons. The first-order valence-corrected chi connectivity index (χ1v) is 11.7. The number of rotatable bonds is 5. The number of aromatic hydroxyl groups is 1. The second-order valence-corrected chi connectivity index (χ2v) is 9.22. The van der Waals surface area contributed by atoms with Gasteiger partial charge in [0, 0.05) is 27.6 Å². The van der Waals surface area contributed by atoms with Crippen molar-refractivity contribution in [3.63, 3.8) is 0 Å². The molecule has 1 aliphatic carbocycles. The largest absolute Gasteiger partial charge is 0.506 e. The zero-order chi connectivity index (χ0) is 27.5. The summed E-state index contributed by atoms with van der Waals surface area (Å²) in [6.45, 7) is 1.67. The molecule has 0 amide bonds. The molecule has 0 saturated carbocycles. The molecule has 2 aromatic rings. The summed E-state index contributed by atoms with van der Waals surface area (Å²) < 4.78 is 5.78. The van der Waals surface area contributed by atoms with Crippen LogP contribution < -0.4 is 5.43 Å². The highest BCUT2D eigenvalue weighted by atomic mass is 35.5. The summed E-state index contributed by atoms with van der Waals surface area (Å²) in [5.41, 5.74) is -3.99. The van der Waals surface area contributed by atoms with Gasteiger partial charge in [0.05, 0.1) is 26.7 Å². The number of benzene rings is 3.